The van der Waals surface area contributed by atoms with Crippen molar-refractivity contribution >= 4 is 11.6 Å². The Bertz CT molecular complexity index is 736. The molecule has 3 rings (SSSR count). The zero-order chi connectivity index (χ0) is 18.4. The summed E-state index contributed by atoms with van der Waals surface area (Å²) in [5.74, 6) is 0.730. The van der Waals surface area contributed by atoms with Gasteiger partial charge in [0.1, 0.15) is 5.82 Å². The molecule has 0 aliphatic carbocycles. The smallest absolute Gasteiger partial charge is 0.194 e. The summed E-state index contributed by atoms with van der Waals surface area (Å²) >= 11 is 0. The fourth-order valence-electron chi connectivity index (χ4n) is 3.10. The van der Waals surface area contributed by atoms with Crippen LogP contribution in [0.15, 0.2) is 47.5 Å². The standard InChI is InChI=1S/C20H26FN5/c1-3-22-20(23-15-18-6-4-5-16(2)24-18)26-13-11-25(12-14-26)19-9-7-17(21)8-10-19/h4-10H,3,11-15H2,1-2H3,(H,22,23). The van der Waals surface area contributed by atoms with Crippen LogP contribution in [0.2, 0.25) is 0 Å². The van der Waals surface area contributed by atoms with Crippen molar-refractivity contribution in [1.29, 1.82) is 0 Å². The first-order valence-corrected chi connectivity index (χ1v) is 9.12. The summed E-state index contributed by atoms with van der Waals surface area (Å²) in [4.78, 5) is 13.8. The molecule has 138 valence electrons. The predicted molar refractivity (Wildman–Crippen MR) is 104 cm³/mol. The van der Waals surface area contributed by atoms with Gasteiger partial charge in [0.05, 0.1) is 12.2 Å². The van der Waals surface area contributed by atoms with Crippen molar-refractivity contribution in [3.05, 3.63) is 59.7 Å². The number of hydrogen-bond donors (Lipinski definition) is 1. The van der Waals surface area contributed by atoms with Crippen molar-refractivity contribution in [2.45, 2.75) is 20.4 Å². The third-order valence-electron chi connectivity index (χ3n) is 4.44. The van der Waals surface area contributed by atoms with E-state index >= 15 is 0 Å². The fraction of sp³-hybridized carbons (Fsp3) is 0.400. The van der Waals surface area contributed by atoms with Gasteiger partial charge in [-0.1, -0.05) is 6.07 Å². The lowest BCUT2D eigenvalue weighted by Crippen LogP contribution is -2.52. The summed E-state index contributed by atoms with van der Waals surface area (Å²) in [5, 5.41) is 3.38. The summed E-state index contributed by atoms with van der Waals surface area (Å²) in [6.07, 6.45) is 0. The Morgan fingerprint density at radius 2 is 1.85 bits per heavy atom. The third-order valence-corrected chi connectivity index (χ3v) is 4.44. The van der Waals surface area contributed by atoms with E-state index in [4.69, 9.17) is 4.99 Å². The minimum absolute atomic E-state index is 0.196. The summed E-state index contributed by atoms with van der Waals surface area (Å²) in [7, 11) is 0. The minimum atomic E-state index is -0.196. The Balaban J connectivity index is 1.62. The summed E-state index contributed by atoms with van der Waals surface area (Å²) in [6.45, 7) is 9.01. The molecule has 26 heavy (non-hydrogen) atoms. The molecule has 0 amide bonds. The Labute approximate surface area is 154 Å². The molecule has 2 heterocycles. The molecule has 1 aromatic heterocycles. The van der Waals surface area contributed by atoms with Gasteiger partial charge in [-0.2, -0.15) is 0 Å². The Kier molecular flexibility index (Phi) is 6.04. The second-order valence-corrected chi connectivity index (χ2v) is 6.39. The Morgan fingerprint density at radius 1 is 1.12 bits per heavy atom. The van der Waals surface area contributed by atoms with Crippen LogP contribution in [-0.4, -0.2) is 48.6 Å². The predicted octanol–water partition coefficient (Wildman–Crippen LogP) is 2.82. The maximum absolute atomic E-state index is 13.1. The maximum atomic E-state index is 13.1. The van der Waals surface area contributed by atoms with Crippen molar-refractivity contribution in [2.75, 3.05) is 37.6 Å². The van der Waals surface area contributed by atoms with Crippen LogP contribution >= 0.6 is 0 Å². The number of nitrogens with one attached hydrogen (secondary N) is 1. The van der Waals surface area contributed by atoms with Crippen LogP contribution in [0.4, 0.5) is 10.1 Å². The molecule has 6 heteroatoms. The third kappa shape index (κ3) is 4.71. The highest BCUT2D eigenvalue weighted by Crippen LogP contribution is 2.17. The topological polar surface area (TPSA) is 43.8 Å². The van der Waals surface area contributed by atoms with E-state index in [0.29, 0.717) is 6.54 Å². The molecule has 0 saturated carbocycles. The highest BCUT2D eigenvalue weighted by Gasteiger charge is 2.19. The van der Waals surface area contributed by atoms with E-state index in [2.05, 4.69) is 27.0 Å². The molecule has 1 N–H and O–H groups in total. The number of piperazine rings is 1. The molecule has 1 fully saturated rings. The van der Waals surface area contributed by atoms with Gasteiger partial charge in [-0.3, -0.25) is 4.98 Å². The maximum Gasteiger partial charge on any atom is 0.194 e. The van der Waals surface area contributed by atoms with E-state index in [1.807, 2.05) is 37.3 Å². The average molecular weight is 355 g/mol. The first kappa shape index (κ1) is 18.2. The molecule has 0 spiro atoms. The number of anilines is 1. The molecule has 1 saturated heterocycles. The second-order valence-electron chi connectivity index (χ2n) is 6.39. The number of pyridine rings is 1. The van der Waals surface area contributed by atoms with Crippen LogP contribution in [0.25, 0.3) is 0 Å². The fourth-order valence-corrected chi connectivity index (χ4v) is 3.10. The van der Waals surface area contributed by atoms with Gasteiger partial charge in [0.25, 0.3) is 0 Å². The van der Waals surface area contributed by atoms with Crippen LogP contribution in [-0.2, 0) is 6.54 Å². The minimum Gasteiger partial charge on any atom is -0.368 e. The van der Waals surface area contributed by atoms with E-state index < -0.39 is 0 Å². The van der Waals surface area contributed by atoms with Crippen LogP contribution in [0.3, 0.4) is 0 Å². The first-order chi connectivity index (χ1) is 12.7. The van der Waals surface area contributed by atoms with Crippen LogP contribution in [0.1, 0.15) is 18.3 Å². The normalized spacial score (nSPS) is 15.3. The summed E-state index contributed by atoms with van der Waals surface area (Å²) in [5.41, 5.74) is 3.05. The van der Waals surface area contributed by atoms with Crippen molar-refractivity contribution in [3.63, 3.8) is 0 Å². The lowest BCUT2D eigenvalue weighted by molar-refractivity contribution is 0.372. The quantitative estimate of drug-likeness (QED) is 0.677. The van der Waals surface area contributed by atoms with Gasteiger partial charge in [0.15, 0.2) is 5.96 Å². The highest BCUT2D eigenvalue weighted by atomic mass is 19.1. The molecule has 1 aliphatic heterocycles. The number of aryl methyl sites for hydroxylation is 1. The van der Waals surface area contributed by atoms with E-state index in [-0.39, 0.29) is 5.82 Å². The number of hydrogen-bond acceptors (Lipinski definition) is 3. The van der Waals surface area contributed by atoms with E-state index in [9.17, 15) is 4.39 Å². The van der Waals surface area contributed by atoms with Crippen molar-refractivity contribution in [3.8, 4) is 0 Å². The molecule has 5 nitrogen and oxygen atoms in total. The number of aliphatic imine (C=N–C) groups is 1. The second kappa shape index (κ2) is 8.65. The van der Waals surface area contributed by atoms with E-state index in [1.54, 1.807) is 0 Å². The molecule has 1 aromatic carbocycles. The van der Waals surface area contributed by atoms with E-state index in [1.165, 1.54) is 12.1 Å². The zero-order valence-corrected chi connectivity index (χ0v) is 15.5. The van der Waals surface area contributed by atoms with Gasteiger partial charge in [-0.25, -0.2) is 9.38 Å². The van der Waals surface area contributed by atoms with Crippen LogP contribution < -0.4 is 10.2 Å². The Hall–Kier alpha value is -2.63. The lowest BCUT2D eigenvalue weighted by Gasteiger charge is -2.37. The van der Waals surface area contributed by atoms with Crippen molar-refractivity contribution < 1.29 is 4.39 Å². The largest absolute Gasteiger partial charge is 0.368 e. The van der Waals surface area contributed by atoms with Crippen molar-refractivity contribution in [2.24, 2.45) is 4.99 Å². The Morgan fingerprint density at radius 3 is 2.50 bits per heavy atom. The van der Waals surface area contributed by atoms with Gasteiger partial charge >= 0.3 is 0 Å². The SMILES string of the molecule is CCNC(=NCc1cccc(C)n1)N1CCN(c2ccc(F)cc2)CC1. The number of aromatic nitrogens is 1. The molecule has 1 aliphatic rings. The molecule has 0 radical (unpaired) electrons. The van der Waals surface area contributed by atoms with E-state index in [0.717, 1.165) is 55.8 Å². The van der Waals surface area contributed by atoms with Crippen molar-refractivity contribution in [1.82, 2.24) is 15.2 Å². The summed E-state index contributed by atoms with van der Waals surface area (Å²) in [6, 6.07) is 12.7. The molecule has 0 unspecified atom stereocenters. The first-order valence-electron chi connectivity index (χ1n) is 9.12. The summed E-state index contributed by atoms with van der Waals surface area (Å²) < 4.78 is 13.1. The van der Waals surface area contributed by atoms with Gasteiger partial charge in [0.2, 0.25) is 0 Å². The average Bonchev–Trinajstić information content (AvgIpc) is 2.66. The molecular formula is C20H26FN5. The highest BCUT2D eigenvalue weighted by molar-refractivity contribution is 5.80. The molecule has 0 bridgehead atoms. The number of nitrogens with zero attached hydrogens (tertiary/aromatic N) is 4. The molecule has 0 atom stereocenters. The van der Waals surface area contributed by atoms with Gasteiger partial charge < -0.3 is 15.1 Å². The number of rotatable bonds is 4. The van der Waals surface area contributed by atoms with Gasteiger partial charge in [0, 0.05) is 44.1 Å². The number of benzene rings is 1. The van der Waals surface area contributed by atoms with Crippen LogP contribution in [0.5, 0.6) is 0 Å². The number of halogens is 1. The molecular weight excluding hydrogens is 329 g/mol. The van der Waals surface area contributed by atoms with Gasteiger partial charge in [-0.05, 0) is 50.2 Å². The zero-order valence-electron chi connectivity index (χ0n) is 15.5. The van der Waals surface area contributed by atoms with Gasteiger partial charge in [-0.15, -0.1) is 0 Å². The monoisotopic (exact) mass is 355 g/mol. The molecule has 2 aromatic rings. The van der Waals surface area contributed by atoms with Crippen LogP contribution in [0, 0.1) is 12.7 Å². The number of guanidine groups is 1. The lowest BCUT2D eigenvalue weighted by atomic mass is 10.2.